The van der Waals surface area contributed by atoms with Crippen LogP contribution in [0.2, 0.25) is 10.0 Å². The van der Waals surface area contributed by atoms with E-state index in [2.05, 4.69) is 20.2 Å². The number of hydrogen-bond acceptors (Lipinski definition) is 7. The fraction of sp³-hybridized carbons (Fsp3) is 0.250. The van der Waals surface area contributed by atoms with E-state index in [4.69, 9.17) is 27.9 Å². The van der Waals surface area contributed by atoms with Gasteiger partial charge in [0, 0.05) is 5.02 Å². The maximum absolute atomic E-state index is 12.6. The number of amides is 1. The number of benzene rings is 2. The number of aryl methyl sites for hydroxylation is 2. The van der Waals surface area contributed by atoms with Crippen LogP contribution in [0.4, 0.5) is 5.13 Å². The second kappa shape index (κ2) is 10.1. The number of nitrogens with one attached hydrogen (secondary N) is 2. The normalized spacial score (nSPS) is 12.4. The Bertz CT molecular complexity index is 1250. The largest absolute Gasteiger partial charge is 0.492 e. The van der Waals surface area contributed by atoms with Crippen molar-refractivity contribution in [1.29, 1.82) is 0 Å². The van der Waals surface area contributed by atoms with E-state index in [1.165, 1.54) is 18.2 Å². The molecule has 2 N–H and O–H groups in total. The molecule has 0 spiro atoms. The standard InChI is InChI=1S/C20H20Cl2N4O4S2/c1-11-4-6-15(8-12(11)2)30-10-13(3)26-32(28,29)20-25-24-19(31-20)23-18(27)16-7-5-14(21)9-17(16)22/h4-9,13,26H,10H2,1-3H3,(H,23,24,27). The molecule has 0 aliphatic heterocycles. The van der Waals surface area contributed by atoms with E-state index in [0.717, 1.165) is 22.5 Å². The highest BCUT2D eigenvalue weighted by Gasteiger charge is 2.24. The number of nitrogens with zero attached hydrogens (tertiary/aromatic N) is 2. The van der Waals surface area contributed by atoms with Gasteiger partial charge in [-0.1, -0.05) is 40.6 Å². The van der Waals surface area contributed by atoms with Crippen LogP contribution >= 0.6 is 34.5 Å². The Morgan fingerprint density at radius 1 is 1.12 bits per heavy atom. The average molecular weight is 515 g/mol. The van der Waals surface area contributed by atoms with Crippen molar-refractivity contribution in [1.82, 2.24) is 14.9 Å². The van der Waals surface area contributed by atoms with Gasteiger partial charge in [0.25, 0.3) is 15.9 Å². The molecule has 0 aliphatic rings. The van der Waals surface area contributed by atoms with Gasteiger partial charge in [0.2, 0.25) is 9.47 Å². The highest BCUT2D eigenvalue weighted by molar-refractivity contribution is 7.91. The van der Waals surface area contributed by atoms with E-state index in [9.17, 15) is 13.2 Å². The van der Waals surface area contributed by atoms with Crippen LogP contribution < -0.4 is 14.8 Å². The second-order valence-electron chi connectivity index (χ2n) is 7.03. The molecule has 1 amide bonds. The van der Waals surface area contributed by atoms with Gasteiger partial charge in [0.15, 0.2) is 0 Å². The van der Waals surface area contributed by atoms with Crippen molar-refractivity contribution in [2.75, 3.05) is 11.9 Å². The molecule has 0 saturated heterocycles. The summed E-state index contributed by atoms with van der Waals surface area (Å²) in [5.41, 5.74) is 2.40. The first kappa shape index (κ1) is 24.4. The number of hydrogen-bond donors (Lipinski definition) is 2. The van der Waals surface area contributed by atoms with Crippen LogP contribution in [0.15, 0.2) is 40.7 Å². The number of anilines is 1. The van der Waals surface area contributed by atoms with Gasteiger partial charge in [-0.3, -0.25) is 10.1 Å². The molecule has 1 unspecified atom stereocenters. The first-order chi connectivity index (χ1) is 15.0. The fourth-order valence-electron chi connectivity index (χ4n) is 2.58. The lowest BCUT2D eigenvalue weighted by Crippen LogP contribution is -2.36. The Hall–Kier alpha value is -2.24. The quantitative estimate of drug-likeness (QED) is 0.429. The lowest BCUT2D eigenvalue weighted by Gasteiger charge is -2.14. The number of halogens is 2. The van der Waals surface area contributed by atoms with Gasteiger partial charge in [-0.25, -0.2) is 13.1 Å². The predicted molar refractivity (Wildman–Crippen MR) is 126 cm³/mol. The molecule has 0 bridgehead atoms. The van der Waals surface area contributed by atoms with E-state index in [1.54, 1.807) is 6.92 Å². The molecule has 0 radical (unpaired) electrons. The third-order valence-electron chi connectivity index (χ3n) is 4.37. The Balaban J connectivity index is 1.61. The van der Waals surface area contributed by atoms with E-state index in [1.807, 2.05) is 32.0 Å². The highest BCUT2D eigenvalue weighted by Crippen LogP contribution is 2.24. The van der Waals surface area contributed by atoms with E-state index in [0.29, 0.717) is 10.8 Å². The van der Waals surface area contributed by atoms with Crippen molar-refractivity contribution in [3.8, 4) is 5.75 Å². The van der Waals surface area contributed by atoms with Gasteiger partial charge >= 0.3 is 0 Å². The molecule has 3 aromatic rings. The first-order valence-corrected chi connectivity index (χ1v) is 12.4. The van der Waals surface area contributed by atoms with Crippen molar-refractivity contribution in [2.24, 2.45) is 0 Å². The molecule has 12 heteroatoms. The molecule has 1 heterocycles. The Labute approximate surface area is 200 Å². The second-order valence-corrected chi connectivity index (χ2v) is 10.7. The average Bonchev–Trinajstić information content (AvgIpc) is 3.18. The minimum absolute atomic E-state index is 0.0143. The third-order valence-corrected chi connectivity index (χ3v) is 7.71. The SMILES string of the molecule is Cc1ccc(OCC(C)NS(=O)(=O)c2nnc(NC(=O)c3ccc(Cl)cc3Cl)s2)cc1C. The molecule has 0 saturated carbocycles. The summed E-state index contributed by atoms with van der Waals surface area (Å²) in [5.74, 6) is 0.0933. The highest BCUT2D eigenvalue weighted by atomic mass is 35.5. The molecule has 1 atom stereocenters. The molecule has 8 nitrogen and oxygen atoms in total. The summed E-state index contributed by atoms with van der Waals surface area (Å²) in [6.07, 6.45) is 0. The van der Waals surface area contributed by atoms with Gasteiger partial charge in [-0.15, -0.1) is 10.2 Å². The summed E-state index contributed by atoms with van der Waals surface area (Å²) in [7, 11) is -3.95. The van der Waals surface area contributed by atoms with Crippen LogP contribution in [0, 0.1) is 13.8 Å². The summed E-state index contributed by atoms with van der Waals surface area (Å²) in [6.45, 7) is 5.77. The van der Waals surface area contributed by atoms with Crippen LogP contribution in [0.5, 0.6) is 5.75 Å². The molecule has 1 aromatic heterocycles. The Morgan fingerprint density at radius 2 is 1.88 bits per heavy atom. The minimum Gasteiger partial charge on any atom is -0.492 e. The molecule has 0 fully saturated rings. The van der Waals surface area contributed by atoms with Crippen LogP contribution in [-0.4, -0.2) is 37.2 Å². The molecule has 170 valence electrons. The van der Waals surface area contributed by atoms with E-state index >= 15 is 0 Å². The van der Waals surface area contributed by atoms with Gasteiger partial charge in [0.05, 0.1) is 16.6 Å². The van der Waals surface area contributed by atoms with Crippen molar-refractivity contribution in [3.63, 3.8) is 0 Å². The van der Waals surface area contributed by atoms with Gasteiger partial charge < -0.3 is 4.74 Å². The summed E-state index contributed by atoms with van der Waals surface area (Å²) in [5, 5.41) is 10.4. The van der Waals surface area contributed by atoms with Crippen LogP contribution in [0.3, 0.4) is 0 Å². The number of rotatable bonds is 8. The topological polar surface area (TPSA) is 110 Å². The number of aromatic nitrogens is 2. The molecule has 3 rings (SSSR count). The summed E-state index contributed by atoms with van der Waals surface area (Å²) >= 11 is 12.6. The third kappa shape index (κ3) is 6.17. The van der Waals surface area contributed by atoms with Crippen molar-refractivity contribution >= 4 is 55.6 Å². The van der Waals surface area contributed by atoms with Crippen molar-refractivity contribution < 1.29 is 17.9 Å². The zero-order chi connectivity index (χ0) is 23.5. The predicted octanol–water partition coefficient (Wildman–Crippen LogP) is 4.46. The minimum atomic E-state index is -3.95. The lowest BCUT2D eigenvalue weighted by atomic mass is 10.1. The number of carbonyl (C=O) groups excluding carboxylic acids is 1. The smallest absolute Gasteiger partial charge is 0.270 e. The maximum Gasteiger partial charge on any atom is 0.270 e. The van der Waals surface area contributed by atoms with E-state index in [-0.39, 0.29) is 26.7 Å². The molecule has 0 aliphatic carbocycles. The van der Waals surface area contributed by atoms with Crippen molar-refractivity contribution in [3.05, 3.63) is 63.1 Å². The van der Waals surface area contributed by atoms with Crippen LogP contribution in [0.25, 0.3) is 0 Å². The first-order valence-electron chi connectivity index (χ1n) is 9.37. The zero-order valence-electron chi connectivity index (χ0n) is 17.3. The van der Waals surface area contributed by atoms with Gasteiger partial charge in [-0.2, -0.15) is 0 Å². The maximum atomic E-state index is 12.6. The molecule has 2 aromatic carbocycles. The Kier molecular flexibility index (Phi) is 7.73. The van der Waals surface area contributed by atoms with Crippen LogP contribution in [0.1, 0.15) is 28.4 Å². The number of ether oxygens (including phenoxy) is 1. The number of sulfonamides is 1. The summed E-state index contributed by atoms with van der Waals surface area (Å²) in [6, 6.07) is 9.53. The van der Waals surface area contributed by atoms with E-state index < -0.39 is 22.0 Å². The Morgan fingerprint density at radius 3 is 2.56 bits per heavy atom. The van der Waals surface area contributed by atoms with Gasteiger partial charge in [0.1, 0.15) is 12.4 Å². The zero-order valence-corrected chi connectivity index (χ0v) is 20.5. The summed E-state index contributed by atoms with van der Waals surface area (Å²) in [4.78, 5) is 12.4. The van der Waals surface area contributed by atoms with Crippen LogP contribution in [-0.2, 0) is 10.0 Å². The molecular weight excluding hydrogens is 495 g/mol. The molecular formula is C20H20Cl2N4O4S2. The monoisotopic (exact) mass is 514 g/mol. The molecule has 32 heavy (non-hydrogen) atoms. The lowest BCUT2D eigenvalue weighted by molar-refractivity contribution is 0.102. The van der Waals surface area contributed by atoms with Gasteiger partial charge in [-0.05, 0) is 62.2 Å². The summed E-state index contributed by atoms with van der Waals surface area (Å²) < 4.78 is 33.1. The van der Waals surface area contributed by atoms with Crippen molar-refractivity contribution in [2.45, 2.75) is 31.2 Å². The number of carbonyl (C=O) groups is 1. The fourth-order valence-corrected chi connectivity index (χ4v) is 5.21.